The van der Waals surface area contributed by atoms with Crippen LogP contribution in [0.5, 0.6) is 0 Å². The third kappa shape index (κ3) is 9.26. The Morgan fingerprint density at radius 3 is 2.14 bits per heavy atom. The van der Waals surface area contributed by atoms with Gasteiger partial charge in [-0.05, 0) is 37.7 Å². The lowest BCUT2D eigenvalue weighted by Crippen LogP contribution is -1.93. The molecule has 0 aliphatic carbocycles. The largest absolute Gasteiger partial charge is 0.481 e. The van der Waals surface area contributed by atoms with Crippen LogP contribution in [0.3, 0.4) is 0 Å². The lowest BCUT2D eigenvalue weighted by atomic mass is 10.1. The van der Waals surface area contributed by atoms with Gasteiger partial charge in [0, 0.05) is 6.42 Å². The van der Waals surface area contributed by atoms with Gasteiger partial charge in [-0.25, -0.2) is 0 Å². The first-order chi connectivity index (χ1) is 10.6. The number of carbonyl (C=O) groups is 2. The Kier molecular flexibility index (Phi) is 10.2. The molecule has 0 unspecified atom stereocenters. The van der Waals surface area contributed by atoms with Gasteiger partial charge in [0.2, 0.25) is 0 Å². The van der Waals surface area contributed by atoms with Crippen LogP contribution in [-0.4, -0.2) is 22.6 Å². The summed E-state index contributed by atoms with van der Waals surface area (Å²) in [5.74, 6) is 0.593. The number of carbonyl (C=O) groups excluding carboxylic acids is 1. The fraction of sp³-hybridized carbons (Fsp3) is 0.647. The Morgan fingerprint density at radius 1 is 1.00 bits per heavy atom. The van der Waals surface area contributed by atoms with Crippen LogP contribution in [0.4, 0.5) is 0 Å². The second-order valence-electron chi connectivity index (χ2n) is 5.50. The number of rotatable bonds is 13. The highest BCUT2D eigenvalue weighted by molar-refractivity contribution is 8.01. The van der Waals surface area contributed by atoms with Crippen molar-refractivity contribution >= 4 is 34.9 Å². The quantitative estimate of drug-likeness (QED) is 0.286. The zero-order valence-corrected chi connectivity index (χ0v) is 14.9. The number of thiophene rings is 1. The van der Waals surface area contributed by atoms with E-state index in [2.05, 4.69) is 0 Å². The average molecular weight is 343 g/mol. The Balaban J connectivity index is 1.89. The maximum atomic E-state index is 11.2. The van der Waals surface area contributed by atoms with Crippen LogP contribution in [0.15, 0.2) is 16.3 Å². The number of ketones is 1. The summed E-state index contributed by atoms with van der Waals surface area (Å²) in [6, 6.07) is 3.96. The van der Waals surface area contributed by atoms with Crippen molar-refractivity contribution in [1.82, 2.24) is 0 Å². The van der Waals surface area contributed by atoms with Crippen molar-refractivity contribution in [2.45, 2.75) is 68.9 Å². The molecule has 0 bridgehead atoms. The molecule has 0 aliphatic rings. The van der Waals surface area contributed by atoms with E-state index in [1.54, 1.807) is 18.3 Å². The van der Waals surface area contributed by atoms with E-state index >= 15 is 0 Å². The predicted molar refractivity (Wildman–Crippen MR) is 94.2 cm³/mol. The average Bonchev–Trinajstić information content (AvgIpc) is 2.93. The van der Waals surface area contributed by atoms with Gasteiger partial charge in [-0.3, -0.25) is 9.59 Å². The summed E-state index contributed by atoms with van der Waals surface area (Å²) in [4.78, 5) is 22.4. The van der Waals surface area contributed by atoms with E-state index in [9.17, 15) is 9.59 Å². The van der Waals surface area contributed by atoms with Gasteiger partial charge >= 0.3 is 5.97 Å². The third-order valence-electron chi connectivity index (χ3n) is 3.46. The fourth-order valence-electron chi connectivity index (χ4n) is 2.20. The molecular formula is C17H26O3S2. The van der Waals surface area contributed by atoms with E-state index in [1.165, 1.54) is 36.3 Å². The van der Waals surface area contributed by atoms with E-state index < -0.39 is 5.97 Å². The van der Waals surface area contributed by atoms with Gasteiger partial charge in [0.25, 0.3) is 0 Å². The minimum Gasteiger partial charge on any atom is -0.481 e. The Labute approximate surface area is 141 Å². The Morgan fingerprint density at radius 2 is 1.59 bits per heavy atom. The van der Waals surface area contributed by atoms with Gasteiger partial charge in [-0.15, -0.1) is 23.1 Å². The number of hydrogen-bond donors (Lipinski definition) is 1. The maximum Gasteiger partial charge on any atom is 0.303 e. The van der Waals surface area contributed by atoms with Crippen molar-refractivity contribution in [3.63, 3.8) is 0 Å². The molecule has 0 spiro atoms. The van der Waals surface area contributed by atoms with Crippen molar-refractivity contribution in [3.05, 3.63) is 17.0 Å². The summed E-state index contributed by atoms with van der Waals surface area (Å²) in [5, 5.41) is 8.53. The molecule has 0 saturated heterocycles. The molecule has 0 atom stereocenters. The van der Waals surface area contributed by atoms with Gasteiger partial charge in [0.15, 0.2) is 5.78 Å². The lowest BCUT2D eigenvalue weighted by molar-refractivity contribution is -0.137. The lowest BCUT2D eigenvalue weighted by Gasteiger charge is -2.01. The molecule has 0 radical (unpaired) electrons. The minimum atomic E-state index is -0.682. The molecule has 0 aromatic carbocycles. The number of Topliss-reactive ketones (excluding diaryl/α,β-unsaturated/α-hetero) is 1. The summed E-state index contributed by atoms with van der Waals surface area (Å²) in [5.41, 5.74) is 0. The fourth-order valence-corrected chi connectivity index (χ4v) is 4.30. The number of carboxylic acid groups (broad SMARTS) is 1. The Bertz CT molecular complexity index is 455. The highest BCUT2D eigenvalue weighted by Crippen LogP contribution is 2.28. The summed E-state index contributed by atoms with van der Waals surface area (Å²) >= 11 is 3.44. The van der Waals surface area contributed by atoms with Crippen molar-refractivity contribution in [2.24, 2.45) is 0 Å². The molecule has 22 heavy (non-hydrogen) atoms. The molecule has 124 valence electrons. The van der Waals surface area contributed by atoms with Crippen molar-refractivity contribution < 1.29 is 14.7 Å². The molecule has 0 amide bonds. The van der Waals surface area contributed by atoms with Crippen LogP contribution in [0.1, 0.15) is 74.4 Å². The smallest absolute Gasteiger partial charge is 0.303 e. The van der Waals surface area contributed by atoms with Crippen molar-refractivity contribution in [3.8, 4) is 0 Å². The van der Waals surface area contributed by atoms with Gasteiger partial charge in [0.05, 0.1) is 9.09 Å². The molecule has 5 heteroatoms. The van der Waals surface area contributed by atoms with Crippen molar-refractivity contribution in [1.29, 1.82) is 0 Å². The standard InChI is InChI=1S/C17H26O3S2/c1-14(18)15-11-12-17(22-15)21-13-9-7-5-3-2-4-6-8-10-16(19)20/h11-12H,2-10,13H2,1H3,(H,19,20). The van der Waals surface area contributed by atoms with Gasteiger partial charge in [-0.2, -0.15) is 0 Å². The summed E-state index contributed by atoms with van der Waals surface area (Å²) in [6.45, 7) is 1.61. The monoisotopic (exact) mass is 342 g/mol. The number of thioether (sulfide) groups is 1. The van der Waals surface area contributed by atoms with Crippen LogP contribution < -0.4 is 0 Å². The molecule has 1 aromatic heterocycles. The van der Waals surface area contributed by atoms with E-state index in [1.807, 2.05) is 23.9 Å². The van der Waals surface area contributed by atoms with Gasteiger partial charge < -0.3 is 5.11 Å². The molecule has 0 saturated carbocycles. The summed E-state index contributed by atoms with van der Waals surface area (Å²) in [6.07, 6.45) is 9.54. The second kappa shape index (κ2) is 11.7. The zero-order valence-electron chi connectivity index (χ0n) is 13.3. The predicted octanol–water partition coefficient (Wildman–Crippen LogP) is 5.64. The molecule has 3 nitrogen and oxygen atoms in total. The molecular weight excluding hydrogens is 316 g/mol. The minimum absolute atomic E-state index is 0.153. The number of aliphatic carboxylic acids is 1. The van der Waals surface area contributed by atoms with E-state index in [0.717, 1.165) is 29.9 Å². The number of carboxylic acids is 1. The third-order valence-corrected chi connectivity index (χ3v) is 5.96. The topological polar surface area (TPSA) is 54.4 Å². The molecule has 0 aliphatic heterocycles. The summed E-state index contributed by atoms with van der Waals surface area (Å²) in [7, 11) is 0. The normalized spacial score (nSPS) is 10.8. The van der Waals surface area contributed by atoms with Gasteiger partial charge in [0.1, 0.15) is 0 Å². The van der Waals surface area contributed by atoms with Crippen molar-refractivity contribution in [2.75, 3.05) is 5.75 Å². The van der Waals surface area contributed by atoms with E-state index in [-0.39, 0.29) is 5.78 Å². The first-order valence-electron chi connectivity index (χ1n) is 8.05. The highest BCUT2D eigenvalue weighted by Gasteiger charge is 2.04. The first kappa shape index (κ1) is 19.2. The Hall–Kier alpha value is -0.810. The molecule has 1 N–H and O–H groups in total. The van der Waals surface area contributed by atoms with Crippen LogP contribution in [0.25, 0.3) is 0 Å². The van der Waals surface area contributed by atoms with Crippen LogP contribution in [0.2, 0.25) is 0 Å². The summed E-state index contributed by atoms with van der Waals surface area (Å²) < 4.78 is 1.24. The van der Waals surface area contributed by atoms with Gasteiger partial charge in [-0.1, -0.05) is 38.5 Å². The van der Waals surface area contributed by atoms with Crippen LogP contribution in [-0.2, 0) is 4.79 Å². The van der Waals surface area contributed by atoms with Crippen LogP contribution >= 0.6 is 23.1 Å². The van der Waals surface area contributed by atoms with E-state index in [4.69, 9.17) is 5.11 Å². The number of unbranched alkanes of at least 4 members (excludes halogenated alkanes) is 7. The van der Waals surface area contributed by atoms with E-state index in [0.29, 0.717) is 6.42 Å². The molecule has 1 rings (SSSR count). The molecule has 1 aromatic rings. The maximum absolute atomic E-state index is 11.2. The molecule has 0 fully saturated rings. The SMILES string of the molecule is CC(=O)c1ccc(SCCCCCCCCCCC(=O)O)s1. The highest BCUT2D eigenvalue weighted by atomic mass is 32.2. The zero-order chi connectivity index (χ0) is 16.2. The number of hydrogen-bond acceptors (Lipinski definition) is 4. The van der Waals surface area contributed by atoms with Crippen LogP contribution in [0, 0.1) is 0 Å². The second-order valence-corrected chi connectivity index (χ2v) is 7.97. The first-order valence-corrected chi connectivity index (χ1v) is 9.85. The molecule has 1 heterocycles.